The van der Waals surface area contributed by atoms with E-state index in [-0.39, 0.29) is 19.4 Å². The molecule has 1 saturated carbocycles. The van der Waals surface area contributed by atoms with Gasteiger partial charge in [0.05, 0.1) is 5.92 Å². The molecule has 0 saturated heterocycles. The van der Waals surface area contributed by atoms with Crippen LogP contribution >= 0.6 is 0 Å². The van der Waals surface area contributed by atoms with Crippen LogP contribution < -0.4 is 16.4 Å². The number of alkyl halides is 3. The molecule has 3 amide bonds. The summed E-state index contributed by atoms with van der Waals surface area (Å²) in [6, 6.07) is 5.84. The summed E-state index contributed by atoms with van der Waals surface area (Å²) in [6.45, 7) is 0.136. The molecule has 132 valence electrons. The summed E-state index contributed by atoms with van der Waals surface area (Å²) in [5.41, 5.74) is 6.21. The molecule has 4 N–H and O–H groups in total. The zero-order chi connectivity index (χ0) is 17.7. The van der Waals surface area contributed by atoms with Crippen LogP contribution in [0.2, 0.25) is 0 Å². The fourth-order valence-electron chi connectivity index (χ4n) is 3.00. The van der Waals surface area contributed by atoms with E-state index in [1.165, 1.54) is 0 Å². The van der Waals surface area contributed by atoms with Gasteiger partial charge in [-0.2, -0.15) is 13.2 Å². The number of anilines is 1. The molecule has 2 rings (SSSR count). The van der Waals surface area contributed by atoms with Gasteiger partial charge in [-0.15, -0.1) is 0 Å². The SMILES string of the molecule is NC(=O)Nc1ccc(CNC(=O)[C@H]2CCCC[C@@H]2C(F)(F)F)cc1. The smallest absolute Gasteiger partial charge is 0.352 e. The molecule has 1 aliphatic carbocycles. The molecule has 0 radical (unpaired) electrons. The predicted octanol–water partition coefficient (Wildman–Crippen LogP) is 3.16. The molecule has 1 aromatic carbocycles. The third kappa shape index (κ3) is 4.87. The van der Waals surface area contributed by atoms with Crippen LogP contribution in [0, 0.1) is 11.8 Å². The lowest BCUT2D eigenvalue weighted by Crippen LogP contribution is -2.42. The molecule has 0 bridgehead atoms. The topological polar surface area (TPSA) is 84.2 Å². The number of hydrogen-bond donors (Lipinski definition) is 3. The van der Waals surface area contributed by atoms with Gasteiger partial charge >= 0.3 is 12.2 Å². The van der Waals surface area contributed by atoms with E-state index in [1.807, 2.05) is 0 Å². The Labute approximate surface area is 137 Å². The average molecular weight is 343 g/mol. The van der Waals surface area contributed by atoms with Gasteiger partial charge in [-0.25, -0.2) is 4.79 Å². The van der Waals surface area contributed by atoms with Crippen molar-refractivity contribution in [2.24, 2.45) is 17.6 Å². The average Bonchev–Trinajstić information content (AvgIpc) is 2.52. The molecule has 0 aliphatic heterocycles. The van der Waals surface area contributed by atoms with Crippen molar-refractivity contribution < 1.29 is 22.8 Å². The van der Waals surface area contributed by atoms with Gasteiger partial charge in [0.1, 0.15) is 0 Å². The molecule has 8 heteroatoms. The second-order valence-electron chi connectivity index (χ2n) is 5.94. The maximum atomic E-state index is 13.0. The van der Waals surface area contributed by atoms with Crippen molar-refractivity contribution in [3.05, 3.63) is 29.8 Å². The third-order valence-corrected chi connectivity index (χ3v) is 4.21. The van der Waals surface area contributed by atoms with Crippen molar-refractivity contribution in [2.45, 2.75) is 38.4 Å². The van der Waals surface area contributed by atoms with Crippen LogP contribution in [0.25, 0.3) is 0 Å². The summed E-state index contributed by atoms with van der Waals surface area (Å²) < 4.78 is 39.1. The lowest BCUT2D eigenvalue weighted by molar-refractivity contribution is -0.198. The molecule has 0 unspecified atom stereocenters. The van der Waals surface area contributed by atoms with E-state index in [1.54, 1.807) is 24.3 Å². The summed E-state index contributed by atoms with van der Waals surface area (Å²) in [6.07, 6.45) is -2.93. The Hall–Kier alpha value is -2.25. The fourth-order valence-corrected chi connectivity index (χ4v) is 3.00. The minimum atomic E-state index is -4.34. The van der Waals surface area contributed by atoms with E-state index >= 15 is 0 Å². The lowest BCUT2D eigenvalue weighted by atomic mass is 9.78. The predicted molar refractivity (Wildman–Crippen MR) is 83.0 cm³/mol. The second-order valence-corrected chi connectivity index (χ2v) is 5.94. The van der Waals surface area contributed by atoms with Crippen LogP contribution in [0.15, 0.2) is 24.3 Å². The van der Waals surface area contributed by atoms with Crippen LogP contribution in [0.1, 0.15) is 31.2 Å². The number of amides is 3. The Bertz CT molecular complexity index is 587. The monoisotopic (exact) mass is 343 g/mol. The number of nitrogens with two attached hydrogens (primary N) is 1. The highest BCUT2D eigenvalue weighted by atomic mass is 19.4. The van der Waals surface area contributed by atoms with Gasteiger partial charge in [-0.3, -0.25) is 4.79 Å². The molecule has 1 fully saturated rings. The van der Waals surface area contributed by atoms with Crippen molar-refractivity contribution in [3.8, 4) is 0 Å². The normalized spacial score (nSPS) is 21.1. The highest BCUT2D eigenvalue weighted by Gasteiger charge is 2.47. The van der Waals surface area contributed by atoms with Gasteiger partial charge in [0.15, 0.2) is 0 Å². The number of hydrogen-bond acceptors (Lipinski definition) is 2. The number of carbonyl (C=O) groups excluding carboxylic acids is 2. The Morgan fingerprint density at radius 1 is 1.12 bits per heavy atom. The van der Waals surface area contributed by atoms with Gasteiger partial charge in [0.25, 0.3) is 0 Å². The Kier molecular flexibility index (Phi) is 5.69. The first-order valence-electron chi connectivity index (χ1n) is 7.77. The quantitative estimate of drug-likeness (QED) is 0.784. The number of benzene rings is 1. The van der Waals surface area contributed by atoms with Gasteiger partial charge in [0.2, 0.25) is 5.91 Å². The summed E-state index contributed by atoms with van der Waals surface area (Å²) in [5.74, 6) is -3.14. The maximum absolute atomic E-state index is 13.0. The van der Waals surface area contributed by atoms with Crippen LogP contribution in [0.4, 0.5) is 23.7 Å². The summed E-state index contributed by atoms with van der Waals surface area (Å²) in [7, 11) is 0. The van der Waals surface area contributed by atoms with Crippen molar-refractivity contribution in [3.63, 3.8) is 0 Å². The lowest BCUT2D eigenvalue weighted by Gasteiger charge is -2.32. The highest BCUT2D eigenvalue weighted by Crippen LogP contribution is 2.41. The first-order chi connectivity index (χ1) is 11.3. The van der Waals surface area contributed by atoms with Crippen molar-refractivity contribution in [2.75, 3.05) is 5.32 Å². The van der Waals surface area contributed by atoms with E-state index in [4.69, 9.17) is 5.73 Å². The van der Waals surface area contributed by atoms with Gasteiger partial charge in [-0.05, 0) is 30.5 Å². The van der Waals surface area contributed by atoms with Crippen molar-refractivity contribution in [1.29, 1.82) is 0 Å². The van der Waals surface area contributed by atoms with Crippen LogP contribution in [0.3, 0.4) is 0 Å². The molecule has 1 aromatic rings. The van der Waals surface area contributed by atoms with Crippen LogP contribution in [0.5, 0.6) is 0 Å². The van der Waals surface area contributed by atoms with E-state index < -0.39 is 30.0 Å². The summed E-state index contributed by atoms with van der Waals surface area (Å²) >= 11 is 0. The zero-order valence-corrected chi connectivity index (χ0v) is 13.0. The molecule has 2 atom stereocenters. The minimum absolute atomic E-state index is 0.00900. The van der Waals surface area contributed by atoms with Crippen molar-refractivity contribution >= 4 is 17.6 Å². The molecular weight excluding hydrogens is 323 g/mol. The Morgan fingerprint density at radius 3 is 2.33 bits per heavy atom. The molecular formula is C16H20F3N3O2. The molecule has 0 aromatic heterocycles. The fraction of sp³-hybridized carbons (Fsp3) is 0.500. The van der Waals surface area contributed by atoms with Gasteiger partial charge in [0, 0.05) is 18.2 Å². The number of halogens is 3. The number of urea groups is 1. The Balaban J connectivity index is 1.93. The van der Waals surface area contributed by atoms with Crippen LogP contribution in [-0.4, -0.2) is 18.1 Å². The highest BCUT2D eigenvalue weighted by molar-refractivity contribution is 5.87. The number of primary amides is 1. The first kappa shape index (κ1) is 18.1. The van der Waals surface area contributed by atoms with Crippen LogP contribution in [-0.2, 0) is 11.3 Å². The maximum Gasteiger partial charge on any atom is 0.392 e. The van der Waals surface area contributed by atoms with E-state index in [2.05, 4.69) is 10.6 Å². The molecule has 0 heterocycles. The molecule has 1 aliphatic rings. The first-order valence-corrected chi connectivity index (χ1v) is 7.77. The Morgan fingerprint density at radius 2 is 1.75 bits per heavy atom. The number of nitrogens with one attached hydrogen (secondary N) is 2. The van der Waals surface area contributed by atoms with E-state index in [0.29, 0.717) is 18.5 Å². The minimum Gasteiger partial charge on any atom is -0.352 e. The number of carbonyl (C=O) groups is 2. The number of rotatable bonds is 4. The van der Waals surface area contributed by atoms with Crippen molar-refractivity contribution in [1.82, 2.24) is 5.32 Å². The third-order valence-electron chi connectivity index (χ3n) is 4.21. The largest absolute Gasteiger partial charge is 0.392 e. The molecule has 0 spiro atoms. The standard InChI is InChI=1S/C16H20F3N3O2/c17-16(18,19)13-4-2-1-3-12(13)14(23)21-9-10-5-7-11(8-6-10)22-15(20)24/h5-8,12-13H,1-4,9H2,(H,21,23)(H3,20,22,24)/t12-,13-/m0/s1. The van der Waals surface area contributed by atoms with Gasteiger partial charge in [-0.1, -0.05) is 25.0 Å². The second kappa shape index (κ2) is 7.55. The molecule has 5 nitrogen and oxygen atoms in total. The summed E-state index contributed by atoms with van der Waals surface area (Å²) in [5, 5.41) is 4.98. The molecule has 24 heavy (non-hydrogen) atoms. The van der Waals surface area contributed by atoms with E-state index in [9.17, 15) is 22.8 Å². The van der Waals surface area contributed by atoms with E-state index in [0.717, 1.165) is 5.56 Å². The zero-order valence-electron chi connectivity index (χ0n) is 13.0. The van der Waals surface area contributed by atoms with Gasteiger partial charge < -0.3 is 16.4 Å². The summed E-state index contributed by atoms with van der Waals surface area (Å²) in [4.78, 5) is 22.9.